The van der Waals surface area contributed by atoms with Crippen molar-refractivity contribution < 1.29 is 0 Å². The summed E-state index contributed by atoms with van der Waals surface area (Å²) in [5.41, 5.74) is 0. The Morgan fingerprint density at radius 2 is 1.80 bits per heavy atom. The van der Waals surface area contributed by atoms with Crippen molar-refractivity contribution in [2.45, 2.75) is 20.3 Å². The quantitative estimate of drug-likeness (QED) is 0.458. The van der Waals surface area contributed by atoms with Crippen LogP contribution in [0.15, 0.2) is 0 Å². The molecule has 0 radical (unpaired) electrons. The Balaban J connectivity index is 2.44. The maximum absolute atomic E-state index is 5.30. The Morgan fingerprint density at radius 1 is 1.30 bits per heavy atom. The van der Waals surface area contributed by atoms with Crippen LogP contribution in [0.1, 0.15) is 20.3 Å². The third-order valence-corrected chi connectivity index (χ3v) is 2.05. The third kappa shape index (κ3) is 1.67. The van der Waals surface area contributed by atoms with Crippen LogP contribution in [0, 0.1) is 24.3 Å². The minimum atomic E-state index is 0.778. The van der Waals surface area contributed by atoms with E-state index in [0.717, 1.165) is 24.9 Å². The summed E-state index contributed by atoms with van der Waals surface area (Å²) in [6, 6.07) is 2.70. The molecule has 1 aliphatic heterocycles. The van der Waals surface area contributed by atoms with Gasteiger partial charge in [0.15, 0.2) is 0 Å². The van der Waals surface area contributed by atoms with Gasteiger partial charge in [0.1, 0.15) is 0 Å². The van der Waals surface area contributed by atoms with E-state index in [1.807, 2.05) is 0 Å². The van der Waals surface area contributed by atoms with Crippen molar-refractivity contribution in [1.82, 2.24) is 4.90 Å². The van der Waals surface area contributed by atoms with E-state index in [1.165, 1.54) is 6.42 Å². The molecule has 10 heavy (non-hydrogen) atoms. The van der Waals surface area contributed by atoms with Crippen LogP contribution in [-0.4, -0.2) is 18.0 Å². The van der Waals surface area contributed by atoms with Crippen LogP contribution in [0.25, 0.3) is 0 Å². The molecule has 56 valence electrons. The van der Waals surface area contributed by atoms with Crippen molar-refractivity contribution in [2.75, 3.05) is 13.1 Å². The molecule has 0 bridgehead atoms. The Labute approximate surface area is 63.4 Å². The van der Waals surface area contributed by atoms with Gasteiger partial charge in [-0.2, -0.15) is 0 Å². The summed E-state index contributed by atoms with van der Waals surface area (Å²) in [6.45, 7) is 6.70. The molecule has 0 aliphatic carbocycles. The minimum absolute atomic E-state index is 0.778. The summed E-state index contributed by atoms with van der Waals surface area (Å²) in [7, 11) is 0. The lowest BCUT2D eigenvalue weighted by Crippen LogP contribution is -2.35. The van der Waals surface area contributed by atoms with E-state index < -0.39 is 0 Å². The van der Waals surface area contributed by atoms with E-state index >= 15 is 0 Å². The lowest BCUT2D eigenvalue weighted by atomic mass is 9.92. The van der Waals surface area contributed by atoms with E-state index in [2.05, 4.69) is 24.8 Å². The first kappa shape index (κ1) is 7.47. The van der Waals surface area contributed by atoms with Crippen LogP contribution in [-0.2, 0) is 0 Å². The molecule has 1 nitrogen and oxygen atoms in total. The summed E-state index contributed by atoms with van der Waals surface area (Å²) in [5, 5.41) is 0. The number of terminal acetylenes is 1. The zero-order chi connectivity index (χ0) is 7.56. The zero-order valence-electron chi connectivity index (χ0n) is 6.80. The predicted octanol–water partition coefficient (Wildman–Crippen LogP) is 1.56. The first-order valence-corrected chi connectivity index (χ1v) is 3.93. The standard InChI is InChI=1S/C9H15N/c1-4-10-6-8(2)5-9(3)7-10/h1,8-9H,5-7H2,2-3H3. The number of rotatable bonds is 0. The van der Waals surface area contributed by atoms with E-state index in [4.69, 9.17) is 6.42 Å². The minimum Gasteiger partial charge on any atom is -0.332 e. The molecule has 1 heterocycles. The Hall–Kier alpha value is -0.640. The van der Waals surface area contributed by atoms with Crippen LogP contribution in [0.5, 0.6) is 0 Å². The van der Waals surface area contributed by atoms with Crippen LogP contribution >= 0.6 is 0 Å². The highest BCUT2D eigenvalue weighted by Gasteiger charge is 2.19. The highest BCUT2D eigenvalue weighted by atomic mass is 15.1. The number of hydrogen-bond donors (Lipinski definition) is 0. The molecule has 0 aromatic carbocycles. The average molecular weight is 137 g/mol. The summed E-state index contributed by atoms with van der Waals surface area (Å²) in [6.07, 6.45) is 6.64. The van der Waals surface area contributed by atoms with E-state index in [1.54, 1.807) is 0 Å². The monoisotopic (exact) mass is 137 g/mol. The van der Waals surface area contributed by atoms with Gasteiger partial charge in [-0.25, -0.2) is 0 Å². The van der Waals surface area contributed by atoms with Gasteiger partial charge >= 0.3 is 0 Å². The van der Waals surface area contributed by atoms with Gasteiger partial charge in [0.05, 0.1) is 0 Å². The van der Waals surface area contributed by atoms with Crippen molar-refractivity contribution in [3.63, 3.8) is 0 Å². The van der Waals surface area contributed by atoms with Gasteiger partial charge in [0, 0.05) is 19.1 Å². The Kier molecular flexibility index (Phi) is 2.21. The summed E-state index contributed by atoms with van der Waals surface area (Å²) in [5.74, 6) is 1.56. The Morgan fingerprint density at radius 3 is 2.20 bits per heavy atom. The number of nitrogens with zero attached hydrogens (tertiary/aromatic N) is 1. The van der Waals surface area contributed by atoms with Gasteiger partial charge in [-0.1, -0.05) is 20.3 Å². The molecule has 1 aliphatic rings. The fraction of sp³-hybridized carbons (Fsp3) is 0.778. The zero-order valence-corrected chi connectivity index (χ0v) is 6.80. The first-order chi connectivity index (χ1) is 4.72. The van der Waals surface area contributed by atoms with Gasteiger partial charge in [0.25, 0.3) is 0 Å². The summed E-state index contributed by atoms with van der Waals surface area (Å²) in [4.78, 5) is 2.08. The SMILES string of the molecule is C#CN1CC(C)CC(C)C1. The smallest absolute Gasteiger partial charge is 0.0286 e. The highest BCUT2D eigenvalue weighted by Crippen LogP contribution is 2.19. The third-order valence-electron chi connectivity index (χ3n) is 2.05. The molecule has 2 atom stereocenters. The van der Waals surface area contributed by atoms with E-state index in [9.17, 15) is 0 Å². The van der Waals surface area contributed by atoms with Crippen LogP contribution in [0.4, 0.5) is 0 Å². The molecule has 1 fully saturated rings. The van der Waals surface area contributed by atoms with Gasteiger partial charge in [-0.15, -0.1) is 0 Å². The predicted molar refractivity (Wildman–Crippen MR) is 43.4 cm³/mol. The second kappa shape index (κ2) is 2.96. The van der Waals surface area contributed by atoms with Crippen molar-refractivity contribution >= 4 is 0 Å². The maximum Gasteiger partial charge on any atom is 0.0286 e. The molecule has 1 heteroatoms. The number of hydrogen-bond acceptors (Lipinski definition) is 1. The van der Waals surface area contributed by atoms with Crippen LogP contribution in [0.3, 0.4) is 0 Å². The molecule has 0 aromatic heterocycles. The van der Waals surface area contributed by atoms with Gasteiger partial charge in [0.2, 0.25) is 0 Å². The molecular formula is C9H15N. The molecule has 0 aromatic rings. The molecular weight excluding hydrogens is 122 g/mol. The number of likely N-dealkylation sites (tertiary alicyclic amines) is 1. The number of piperidine rings is 1. The first-order valence-electron chi connectivity index (χ1n) is 3.93. The van der Waals surface area contributed by atoms with Gasteiger partial charge in [-0.05, 0) is 18.3 Å². The highest BCUT2D eigenvalue weighted by molar-refractivity contribution is 4.89. The van der Waals surface area contributed by atoms with Crippen molar-refractivity contribution in [1.29, 1.82) is 0 Å². The molecule has 0 amide bonds. The molecule has 1 rings (SSSR count). The second-order valence-corrected chi connectivity index (χ2v) is 3.48. The summed E-state index contributed by atoms with van der Waals surface area (Å²) >= 11 is 0. The van der Waals surface area contributed by atoms with Gasteiger partial charge in [-0.3, -0.25) is 0 Å². The summed E-state index contributed by atoms with van der Waals surface area (Å²) < 4.78 is 0. The lowest BCUT2D eigenvalue weighted by Gasteiger charge is -2.32. The van der Waals surface area contributed by atoms with Crippen molar-refractivity contribution in [3.8, 4) is 12.5 Å². The molecule has 1 saturated heterocycles. The molecule has 0 spiro atoms. The molecule has 2 unspecified atom stereocenters. The lowest BCUT2D eigenvalue weighted by molar-refractivity contribution is 0.203. The topological polar surface area (TPSA) is 3.24 Å². The fourth-order valence-electron chi connectivity index (χ4n) is 1.77. The largest absolute Gasteiger partial charge is 0.332 e. The normalized spacial score (nSPS) is 33.5. The van der Waals surface area contributed by atoms with E-state index in [-0.39, 0.29) is 0 Å². The van der Waals surface area contributed by atoms with Crippen molar-refractivity contribution in [2.24, 2.45) is 11.8 Å². The van der Waals surface area contributed by atoms with Gasteiger partial charge < -0.3 is 4.90 Å². The van der Waals surface area contributed by atoms with E-state index in [0.29, 0.717) is 0 Å². The Bertz CT molecular complexity index is 135. The van der Waals surface area contributed by atoms with Crippen molar-refractivity contribution in [3.05, 3.63) is 0 Å². The second-order valence-electron chi connectivity index (χ2n) is 3.48. The van der Waals surface area contributed by atoms with Crippen LogP contribution < -0.4 is 0 Å². The maximum atomic E-state index is 5.30. The average Bonchev–Trinajstić information content (AvgIpc) is 1.85. The molecule has 0 saturated carbocycles. The fourth-order valence-corrected chi connectivity index (χ4v) is 1.77. The molecule has 0 N–H and O–H groups in total. The van der Waals surface area contributed by atoms with Crippen LogP contribution in [0.2, 0.25) is 0 Å².